The van der Waals surface area contributed by atoms with Gasteiger partial charge >= 0.3 is 6.18 Å². The van der Waals surface area contributed by atoms with Crippen LogP contribution in [0, 0.1) is 18.8 Å². The summed E-state index contributed by atoms with van der Waals surface area (Å²) < 4.78 is 38.1. The highest BCUT2D eigenvalue weighted by Gasteiger charge is 2.44. The molecular weight excluding hydrogens is 685 g/mol. The van der Waals surface area contributed by atoms with Gasteiger partial charge in [-0.15, -0.1) is 0 Å². The van der Waals surface area contributed by atoms with Crippen LogP contribution in [-0.4, -0.2) is 93.6 Å². The number of halogens is 3. The minimum absolute atomic E-state index is 0.0448. The monoisotopic (exact) mass is 732 g/mol. The van der Waals surface area contributed by atoms with Crippen LogP contribution in [0.25, 0.3) is 0 Å². The largest absolute Gasteiger partial charge is 0.417 e. The molecule has 0 radical (unpaired) electrons. The van der Waals surface area contributed by atoms with Crippen LogP contribution in [0.15, 0.2) is 68.9 Å². The molecule has 2 aliphatic carbocycles. The lowest BCUT2D eigenvalue weighted by molar-refractivity contribution is -0.137. The summed E-state index contributed by atoms with van der Waals surface area (Å²) in [7, 11) is 0. The minimum atomic E-state index is -4.39. The third-order valence-electron chi connectivity index (χ3n) is 11.5. The fraction of sp³-hybridized carbons (Fsp3) is 0.550. The van der Waals surface area contributed by atoms with E-state index in [0.717, 1.165) is 90.6 Å². The Morgan fingerprint density at radius 2 is 1.13 bits per heavy atom. The average molecular weight is 733 g/mol. The van der Waals surface area contributed by atoms with Crippen molar-refractivity contribution in [1.29, 1.82) is 0 Å². The van der Waals surface area contributed by atoms with Crippen LogP contribution in [0.1, 0.15) is 76.3 Å². The number of aryl methyl sites for hydroxylation is 1. The predicted molar refractivity (Wildman–Crippen MR) is 196 cm³/mol. The van der Waals surface area contributed by atoms with E-state index in [2.05, 4.69) is 32.0 Å². The van der Waals surface area contributed by atoms with Gasteiger partial charge in [0.05, 0.1) is 29.9 Å². The van der Waals surface area contributed by atoms with Crippen LogP contribution in [0.3, 0.4) is 0 Å². The Balaban J connectivity index is 0.000000165. The number of carbonyl (C=O) groups excluding carboxylic acids is 2. The van der Waals surface area contributed by atoms with Crippen LogP contribution in [-0.2, 0) is 15.8 Å². The second kappa shape index (κ2) is 14.2. The van der Waals surface area contributed by atoms with Crippen molar-refractivity contribution in [3.63, 3.8) is 0 Å². The maximum atomic E-state index is 12.7. The first-order valence-corrected chi connectivity index (χ1v) is 18.6. The molecule has 6 heterocycles. The van der Waals surface area contributed by atoms with Gasteiger partial charge in [0.2, 0.25) is 0 Å². The average Bonchev–Trinajstić information content (AvgIpc) is 3.74. The number of aliphatic imine (C=N–C) groups is 2. The molecule has 53 heavy (non-hydrogen) atoms. The lowest BCUT2D eigenvalue weighted by Crippen LogP contribution is -2.42. The Bertz CT molecular complexity index is 1880. The van der Waals surface area contributed by atoms with Gasteiger partial charge in [0, 0.05) is 98.7 Å². The first-order valence-electron chi connectivity index (χ1n) is 18.6. The number of nitrogens with zero attached hydrogens (tertiary/aromatic N) is 6. The van der Waals surface area contributed by atoms with Gasteiger partial charge in [-0.25, -0.2) is 9.97 Å². The summed E-state index contributed by atoms with van der Waals surface area (Å²) in [6, 6.07) is 6.65. The lowest BCUT2D eigenvalue weighted by atomic mass is 9.74. The number of Topliss-reactive ketones (excluding diaryl/α,β-unsaturated/α-hetero) is 2. The van der Waals surface area contributed by atoms with E-state index in [1.165, 1.54) is 11.6 Å². The Morgan fingerprint density at radius 1 is 0.698 bits per heavy atom. The molecule has 282 valence electrons. The maximum absolute atomic E-state index is 12.7. The number of anilines is 2. The van der Waals surface area contributed by atoms with Gasteiger partial charge in [-0.1, -0.05) is 6.07 Å². The molecule has 0 amide bonds. The van der Waals surface area contributed by atoms with Gasteiger partial charge in [0.1, 0.15) is 23.2 Å². The van der Waals surface area contributed by atoms with Crippen molar-refractivity contribution in [1.82, 2.24) is 9.97 Å². The number of aliphatic hydroxyl groups is 2. The Kier molecular flexibility index (Phi) is 9.94. The summed E-state index contributed by atoms with van der Waals surface area (Å²) in [5, 5.41) is 21.6. The molecule has 13 heteroatoms. The summed E-state index contributed by atoms with van der Waals surface area (Å²) in [5.74, 6) is 2.29. The number of piperidine rings is 2. The van der Waals surface area contributed by atoms with E-state index in [1.807, 2.05) is 18.0 Å². The number of hydrogen-bond acceptors (Lipinski definition) is 10. The van der Waals surface area contributed by atoms with Gasteiger partial charge < -0.3 is 20.0 Å². The van der Waals surface area contributed by atoms with Crippen LogP contribution >= 0.6 is 0 Å². The van der Waals surface area contributed by atoms with Crippen molar-refractivity contribution < 1.29 is 33.0 Å². The lowest BCUT2D eigenvalue weighted by Gasteiger charge is -2.37. The van der Waals surface area contributed by atoms with Gasteiger partial charge in [0.25, 0.3) is 0 Å². The zero-order valence-electron chi connectivity index (χ0n) is 30.5. The zero-order valence-corrected chi connectivity index (χ0v) is 30.5. The third-order valence-corrected chi connectivity index (χ3v) is 11.5. The molecule has 2 atom stereocenters. The topological polar surface area (TPSA) is 132 Å². The zero-order chi connectivity index (χ0) is 37.7. The fourth-order valence-corrected chi connectivity index (χ4v) is 9.01. The smallest absolute Gasteiger partial charge is 0.385 e. The molecule has 0 aromatic carbocycles. The number of hydrogen-bond donors (Lipinski definition) is 2. The Hall–Kier alpha value is -4.23. The number of rotatable bonds is 4. The fourth-order valence-electron chi connectivity index (χ4n) is 9.01. The first-order chi connectivity index (χ1) is 25.1. The Labute approximate surface area is 307 Å². The van der Waals surface area contributed by atoms with E-state index in [1.54, 1.807) is 13.8 Å². The molecule has 0 spiro atoms. The van der Waals surface area contributed by atoms with Crippen molar-refractivity contribution in [3.05, 3.63) is 70.1 Å². The number of aromatic nitrogens is 2. The molecule has 0 saturated carbocycles. The van der Waals surface area contributed by atoms with Crippen LogP contribution in [0.2, 0.25) is 0 Å². The normalized spacial score (nSPS) is 27.0. The molecule has 8 rings (SSSR count). The Morgan fingerprint density at radius 3 is 1.51 bits per heavy atom. The highest BCUT2D eigenvalue weighted by molar-refractivity contribution is 6.09. The standard InChI is InChI=1S/C20H22F3N3O2.C20H25N3O2/c1-19(28)9-15(27)8-13-10-25-18(17(13)19)12-4-6-26(7-5-12)16-3-2-14(11-24-16)20(21,22)23;1-13-3-4-17(21-11-13)23-7-5-14(6-8-23)19-18-15(12-22-19)9-16(24)10-20(18,2)25/h2-3,11-12,28H,4-10H2,1H3;3-4,11,14,25H,5-10,12H2,1-2H3. The van der Waals surface area contributed by atoms with Crippen molar-refractivity contribution in [3.8, 4) is 0 Å². The summed E-state index contributed by atoms with van der Waals surface area (Å²) in [4.78, 5) is 45.9. The van der Waals surface area contributed by atoms with E-state index in [-0.39, 0.29) is 30.3 Å². The van der Waals surface area contributed by atoms with Gasteiger partial charge in [-0.3, -0.25) is 19.6 Å². The number of pyridine rings is 2. The number of carbonyl (C=O) groups is 2. The van der Waals surface area contributed by atoms with Crippen molar-refractivity contribution in [2.24, 2.45) is 21.8 Å². The van der Waals surface area contributed by atoms with Gasteiger partial charge in [0.15, 0.2) is 0 Å². The quantitative estimate of drug-likeness (QED) is 0.413. The van der Waals surface area contributed by atoms with E-state index in [0.29, 0.717) is 50.8 Å². The molecule has 0 bridgehead atoms. The van der Waals surface area contributed by atoms with E-state index in [9.17, 15) is 33.0 Å². The molecule has 2 aromatic rings. The maximum Gasteiger partial charge on any atom is 0.417 e. The van der Waals surface area contributed by atoms with E-state index in [4.69, 9.17) is 4.99 Å². The van der Waals surface area contributed by atoms with Gasteiger partial charge in [-0.2, -0.15) is 13.2 Å². The number of ketones is 2. The molecule has 2 aromatic heterocycles. The summed E-state index contributed by atoms with van der Waals surface area (Å²) in [5.41, 5.74) is 3.98. The SMILES string of the molecule is CC1(O)CC(=O)CC2=C1C(C1CCN(c3ccc(C(F)(F)F)cn3)CC1)=NC2.Cc1ccc(N2CCC(C3=NCC4=C3C(C)(O)CC(=O)C4)CC2)nc1. The van der Waals surface area contributed by atoms with Crippen molar-refractivity contribution >= 4 is 34.6 Å². The summed E-state index contributed by atoms with van der Waals surface area (Å²) in [6.45, 7) is 9.78. The predicted octanol–water partition coefficient (Wildman–Crippen LogP) is 5.65. The molecule has 2 saturated heterocycles. The summed E-state index contributed by atoms with van der Waals surface area (Å²) in [6.07, 6.45) is 3.15. The molecule has 2 unspecified atom stereocenters. The van der Waals surface area contributed by atoms with Crippen LogP contribution in [0.4, 0.5) is 24.8 Å². The van der Waals surface area contributed by atoms with Crippen LogP contribution < -0.4 is 9.80 Å². The highest BCUT2D eigenvalue weighted by atomic mass is 19.4. The molecule has 2 fully saturated rings. The molecule has 4 aliphatic heterocycles. The molecule has 2 N–H and O–H groups in total. The third kappa shape index (κ3) is 7.73. The molecule has 10 nitrogen and oxygen atoms in total. The van der Waals surface area contributed by atoms with Gasteiger partial charge in [-0.05, 0) is 81.4 Å². The van der Waals surface area contributed by atoms with Crippen molar-refractivity contribution in [2.75, 3.05) is 49.1 Å². The summed E-state index contributed by atoms with van der Waals surface area (Å²) >= 11 is 0. The molecule has 6 aliphatic rings. The highest BCUT2D eigenvalue weighted by Crippen LogP contribution is 2.42. The second-order valence-electron chi connectivity index (χ2n) is 15.8. The van der Waals surface area contributed by atoms with Crippen LogP contribution in [0.5, 0.6) is 0 Å². The first kappa shape index (κ1) is 37.1. The second-order valence-corrected chi connectivity index (χ2v) is 15.8. The molecular formula is C40H47F3N6O4. The van der Waals surface area contributed by atoms with E-state index < -0.39 is 22.9 Å². The van der Waals surface area contributed by atoms with Crippen molar-refractivity contribution in [2.45, 2.75) is 89.5 Å². The minimum Gasteiger partial charge on any atom is -0.385 e. The van der Waals surface area contributed by atoms with E-state index >= 15 is 0 Å². The number of alkyl halides is 3.